The third-order valence-electron chi connectivity index (χ3n) is 6.26. The Morgan fingerprint density at radius 2 is 1.75 bits per heavy atom. The summed E-state index contributed by atoms with van der Waals surface area (Å²) in [6.45, 7) is 3.90. The number of aryl methyl sites for hydroxylation is 2. The van der Waals surface area contributed by atoms with Gasteiger partial charge in [-0.1, -0.05) is 36.4 Å². The maximum absolute atomic E-state index is 13.9. The van der Waals surface area contributed by atoms with E-state index in [1.54, 1.807) is 44.2 Å². The average Bonchev–Trinajstić information content (AvgIpc) is 2.80. The molecule has 0 aliphatic carbocycles. The second-order valence-corrected chi connectivity index (χ2v) is 10.7. The Labute approximate surface area is 206 Å². The highest BCUT2D eigenvalue weighted by atomic mass is 32.2. The number of alkyl halides is 3. The molecule has 190 valence electrons. The van der Waals surface area contributed by atoms with Crippen LogP contribution < -0.4 is 5.32 Å². The monoisotopic (exact) mass is 520 g/mol. The minimum atomic E-state index is -4.81. The lowest BCUT2D eigenvalue weighted by atomic mass is 9.95. The van der Waals surface area contributed by atoms with Gasteiger partial charge in [0.15, 0.2) is 0 Å². The van der Waals surface area contributed by atoms with Gasteiger partial charge in [0.05, 0.1) is 16.9 Å². The molecule has 5 nitrogen and oxygen atoms in total. The van der Waals surface area contributed by atoms with Gasteiger partial charge < -0.3 is 5.32 Å². The molecule has 36 heavy (non-hydrogen) atoms. The summed E-state index contributed by atoms with van der Waals surface area (Å²) in [6.07, 6.45) is -4.76. The van der Waals surface area contributed by atoms with Crippen LogP contribution in [-0.2, 0) is 40.4 Å². The normalized spacial score (nSPS) is 14.4. The summed E-state index contributed by atoms with van der Waals surface area (Å²) in [7, 11) is -3.71. The SMILES string of the molecule is Cc1ccccc1S(=O)(=O)N1CCc2c(ccc(C)c2NC(=O)Cc2ccc(C(F)(F)F)c(F)c2)C1. The second kappa shape index (κ2) is 9.67. The van der Waals surface area contributed by atoms with Gasteiger partial charge in [-0.3, -0.25) is 4.79 Å². The summed E-state index contributed by atoms with van der Waals surface area (Å²) < 4.78 is 80.1. The van der Waals surface area contributed by atoms with Gasteiger partial charge in [0.25, 0.3) is 0 Å². The number of sulfonamides is 1. The molecule has 1 aliphatic rings. The fourth-order valence-electron chi connectivity index (χ4n) is 4.38. The summed E-state index contributed by atoms with van der Waals surface area (Å²) >= 11 is 0. The molecule has 1 N–H and O–H groups in total. The van der Waals surface area contributed by atoms with Crippen molar-refractivity contribution in [2.45, 2.75) is 44.3 Å². The molecule has 0 atom stereocenters. The van der Waals surface area contributed by atoms with Crippen molar-refractivity contribution in [3.05, 3.63) is 93.8 Å². The van der Waals surface area contributed by atoms with Crippen LogP contribution in [0.25, 0.3) is 0 Å². The predicted molar refractivity (Wildman–Crippen MR) is 127 cm³/mol. The van der Waals surface area contributed by atoms with E-state index in [1.165, 1.54) is 4.31 Å². The summed E-state index contributed by atoms with van der Waals surface area (Å²) in [4.78, 5) is 12.9. The van der Waals surface area contributed by atoms with E-state index in [2.05, 4.69) is 5.32 Å². The molecule has 0 spiro atoms. The molecule has 4 rings (SSSR count). The first-order valence-corrected chi connectivity index (χ1v) is 12.6. The lowest BCUT2D eigenvalue weighted by molar-refractivity contribution is -0.140. The number of carbonyl (C=O) groups excluding carboxylic acids is 1. The van der Waals surface area contributed by atoms with Crippen LogP contribution in [0.5, 0.6) is 0 Å². The minimum absolute atomic E-state index is 0.107. The average molecular weight is 521 g/mol. The van der Waals surface area contributed by atoms with Crippen molar-refractivity contribution in [3.8, 4) is 0 Å². The Hall–Kier alpha value is -3.24. The van der Waals surface area contributed by atoms with E-state index in [0.717, 1.165) is 22.8 Å². The number of hydrogen-bond donors (Lipinski definition) is 1. The van der Waals surface area contributed by atoms with Crippen LogP contribution in [0.2, 0.25) is 0 Å². The van der Waals surface area contributed by atoms with Crippen molar-refractivity contribution in [2.24, 2.45) is 0 Å². The highest BCUT2D eigenvalue weighted by Crippen LogP contribution is 2.33. The van der Waals surface area contributed by atoms with Gasteiger partial charge in [-0.15, -0.1) is 0 Å². The number of hydrogen-bond acceptors (Lipinski definition) is 3. The number of nitrogens with zero attached hydrogens (tertiary/aromatic N) is 1. The fourth-order valence-corrected chi connectivity index (χ4v) is 6.02. The maximum Gasteiger partial charge on any atom is 0.419 e. The lowest BCUT2D eigenvalue weighted by Gasteiger charge is -2.30. The highest BCUT2D eigenvalue weighted by Gasteiger charge is 2.34. The van der Waals surface area contributed by atoms with E-state index in [0.29, 0.717) is 29.8 Å². The van der Waals surface area contributed by atoms with Crippen molar-refractivity contribution < 1.29 is 30.8 Å². The largest absolute Gasteiger partial charge is 0.419 e. The number of halogens is 4. The van der Waals surface area contributed by atoms with Crippen LogP contribution in [-0.4, -0.2) is 25.2 Å². The number of rotatable bonds is 5. The van der Waals surface area contributed by atoms with Crippen molar-refractivity contribution in [3.63, 3.8) is 0 Å². The van der Waals surface area contributed by atoms with Crippen LogP contribution >= 0.6 is 0 Å². The van der Waals surface area contributed by atoms with Crippen molar-refractivity contribution in [1.29, 1.82) is 0 Å². The predicted octanol–water partition coefficient (Wildman–Crippen LogP) is 5.39. The van der Waals surface area contributed by atoms with E-state index in [4.69, 9.17) is 0 Å². The Morgan fingerprint density at radius 3 is 2.42 bits per heavy atom. The minimum Gasteiger partial charge on any atom is -0.325 e. The van der Waals surface area contributed by atoms with Gasteiger partial charge in [0, 0.05) is 18.8 Å². The fraction of sp³-hybridized carbons (Fsp3) is 0.269. The Bertz CT molecular complexity index is 1440. The molecule has 0 fully saturated rings. The lowest BCUT2D eigenvalue weighted by Crippen LogP contribution is -2.36. The summed E-state index contributed by atoms with van der Waals surface area (Å²) in [5.74, 6) is -1.95. The van der Waals surface area contributed by atoms with E-state index in [1.807, 2.05) is 6.07 Å². The number of nitrogens with one attached hydrogen (secondary N) is 1. The molecule has 0 bridgehead atoms. The molecule has 1 heterocycles. The molecule has 0 saturated heterocycles. The highest BCUT2D eigenvalue weighted by molar-refractivity contribution is 7.89. The molecule has 3 aromatic carbocycles. The van der Waals surface area contributed by atoms with Crippen LogP contribution in [0.4, 0.5) is 23.2 Å². The molecule has 0 unspecified atom stereocenters. The topological polar surface area (TPSA) is 66.5 Å². The first-order chi connectivity index (χ1) is 16.9. The smallest absolute Gasteiger partial charge is 0.325 e. The zero-order chi connectivity index (χ0) is 26.3. The standard InChI is InChI=1S/C26H24F4N2O3S/c1-16-5-3-4-6-23(16)36(34,35)32-12-11-20-19(15-32)9-7-17(2)25(20)31-24(33)14-18-8-10-21(22(27)13-18)26(28,29)30/h3-10,13H,11-12,14-15H2,1-2H3,(H,31,33). The molecule has 10 heteroatoms. The summed E-state index contributed by atoms with van der Waals surface area (Å²) in [5, 5.41) is 2.79. The number of fused-ring (bicyclic) bond motifs is 1. The molecule has 1 aliphatic heterocycles. The third-order valence-corrected chi connectivity index (χ3v) is 8.26. The van der Waals surface area contributed by atoms with Crippen molar-refractivity contribution >= 4 is 21.6 Å². The van der Waals surface area contributed by atoms with Crippen molar-refractivity contribution in [2.75, 3.05) is 11.9 Å². The second-order valence-electron chi connectivity index (χ2n) is 8.79. The Morgan fingerprint density at radius 1 is 1.03 bits per heavy atom. The number of carbonyl (C=O) groups is 1. The van der Waals surface area contributed by atoms with Gasteiger partial charge in [-0.05, 0) is 66.3 Å². The van der Waals surface area contributed by atoms with E-state index in [9.17, 15) is 30.8 Å². The molecular formula is C26H24F4N2O3S. The number of amides is 1. The zero-order valence-corrected chi connectivity index (χ0v) is 20.4. The van der Waals surface area contributed by atoms with Crippen LogP contribution in [0.15, 0.2) is 59.5 Å². The number of benzene rings is 3. The molecular weight excluding hydrogens is 496 g/mol. The van der Waals surface area contributed by atoms with Crippen LogP contribution in [0, 0.1) is 19.7 Å². The Kier molecular flexibility index (Phi) is 6.94. The summed E-state index contributed by atoms with van der Waals surface area (Å²) in [5.41, 5.74) is 2.23. The molecule has 0 saturated carbocycles. The number of anilines is 1. The first-order valence-electron chi connectivity index (χ1n) is 11.2. The van der Waals surface area contributed by atoms with Gasteiger partial charge in [0.1, 0.15) is 5.82 Å². The molecule has 0 aromatic heterocycles. The van der Waals surface area contributed by atoms with Gasteiger partial charge in [0.2, 0.25) is 15.9 Å². The first kappa shape index (κ1) is 25.8. The van der Waals surface area contributed by atoms with Gasteiger partial charge in [-0.2, -0.15) is 17.5 Å². The van der Waals surface area contributed by atoms with E-state index in [-0.39, 0.29) is 30.0 Å². The zero-order valence-electron chi connectivity index (χ0n) is 19.6. The molecule has 3 aromatic rings. The Balaban J connectivity index is 1.54. The van der Waals surface area contributed by atoms with Gasteiger partial charge in [-0.25, -0.2) is 12.8 Å². The third kappa shape index (κ3) is 5.15. The molecule has 1 amide bonds. The maximum atomic E-state index is 13.9. The van der Waals surface area contributed by atoms with Crippen LogP contribution in [0.1, 0.15) is 33.4 Å². The molecule has 0 radical (unpaired) electrons. The van der Waals surface area contributed by atoms with E-state index < -0.39 is 33.5 Å². The van der Waals surface area contributed by atoms with Crippen LogP contribution in [0.3, 0.4) is 0 Å². The van der Waals surface area contributed by atoms with Gasteiger partial charge >= 0.3 is 6.18 Å². The quantitative estimate of drug-likeness (QED) is 0.459. The van der Waals surface area contributed by atoms with Crippen molar-refractivity contribution in [1.82, 2.24) is 4.31 Å². The van der Waals surface area contributed by atoms with E-state index >= 15 is 0 Å². The summed E-state index contributed by atoms with van der Waals surface area (Å²) in [6, 6.07) is 12.8.